The maximum atomic E-state index is 12.9. The van der Waals surface area contributed by atoms with Crippen LogP contribution in [0, 0.1) is 0 Å². The minimum absolute atomic E-state index is 0.237. The van der Waals surface area contributed by atoms with E-state index >= 15 is 0 Å². The zero-order chi connectivity index (χ0) is 17.2. The molecule has 1 heterocycles. The summed E-state index contributed by atoms with van der Waals surface area (Å²) in [5.74, 6) is 0.237. The smallest absolute Gasteiger partial charge is 0.227 e. The summed E-state index contributed by atoms with van der Waals surface area (Å²) in [6.45, 7) is 2.38. The van der Waals surface area contributed by atoms with Crippen molar-refractivity contribution in [3.63, 3.8) is 0 Å². The molecule has 3 nitrogen and oxygen atoms in total. The summed E-state index contributed by atoms with van der Waals surface area (Å²) in [5, 5.41) is 0. The number of hydrogen-bond acceptors (Lipinski definition) is 2. The van der Waals surface area contributed by atoms with Crippen LogP contribution in [0.3, 0.4) is 0 Å². The monoisotopic (exact) mass is 334 g/mol. The first-order valence-corrected chi connectivity index (χ1v) is 9.38. The summed E-state index contributed by atoms with van der Waals surface area (Å²) in [4.78, 5) is 17.2. The molecule has 0 N–H and O–H groups in total. The van der Waals surface area contributed by atoms with E-state index in [-0.39, 0.29) is 5.91 Å². The largest absolute Gasteiger partial charge is 0.373 e. The summed E-state index contributed by atoms with van der Waals surface area (Å²) in [5.41, 5.74) is 6.58. The van der Waals surface area contributed by atoms with Crippen LogP contribution in [0.1, 0.15) is 35.1 Å². The molecule has 2 aliphatic rings. The number of anilines is 1. The highest BCUT2D eigenvalue weighted by Gasteiger charge is 2.21. The molecule has 2 aromatic carbocycles. The van der Waals surface area contributed by atoms with Crippen LogP contribution in [0.15, 0.2) is 42.5 Å². The lowest BCUT2D eigenvalue weighted by Gasteiger charge is -2.22. The van der Waals surface area contributed by atoms with Crippen molar-refractivity contribution < 1.29 is 4.79 Å². The van der Waals surface area contributed by atoms with Crippen LogP contribution in [-0.2, 0) is 30.6 Å². The lowest BCUT2D eigenvalue weighted by Crippen LogP contribution is -2.35. The number of rotatable bonds is 2. The van der Waals surface area contributed by atoms with Gasteiger partial charge in [0, 0.05) is 32.4 Å². The SMILES string of the molecule is CN1CCN(C(=O)Cc2ccc3c(c2)CCCC3)Cc2ccccc21. The molecule has 0 saturated heterocycles. The summed E-state index contributed by atoms with van der Waals surface area (Å²) in [6.07, 6.45) is 5.45. The van der Waals surface area contributed by atoms with E-state index < -0.39 is 0 Å². The van der Waals surface area contributed by atoms with E-state index in [1.807, 2.05) is 4.90 Å². The zero-order valence-corrected chi connectivity index (χ0v) is 15.0. The second kappa shape index (κ2) is 6.91. The Labute approximate surface area is 150 Å². The van der Waals surface area contributed by atoms with Gasteiger partial charge in [-0.2, -0.15) is 0 Å². The van der Waals surface area contributed by atoms with Gasteiger partial charge in [-0.1, -0.05) is 36.4 Å². The third-order valence-electron chi connectivity index (χ3n) is 5.59. The number of benzene rings is 2. The number of carbonyl (C=O) groups is 1. The predicted molar refractivity (Wildman–Crippen MR) is 102 cm³/mol. The van der Waals surface area contributed by atoms with Crippen molar-refractivity contribution in [2.24, 2.45) is 0 Å². The molecule has 0 fully saturated rings. The van der Waals surface area contributed by atoms with Gasteiger partial charge in [0.1, 0.15) is 0 Å². The van der Waals surface area contributed by atoms with Crippen molar-refractivity contribution in [1.82, 2.24) is 4.90 Å². The summed E-state index contributed by atoms with van der Waals surface area (Å²) >= 11 is 0. The number of nitrogens with zero attached hydrogens (tertiary/aromatic N) is 2. The summed E-state index contributed by atoms with van der Waals surface area (Å²) in [7, 11) is 2.11. The number of likely N-dealkylation sites (N-methyl/N-ethyl adjacent to an activating group) is 1. The molecular weight excluding hydrogens is 308 g/mol. The van der Waals surface area contributed by atoms with Gasteiger partial charge in [0.25, 0.3) is 0 Å². The Hall–Kier alpha value is -2.29. The van der Waals surface area contributed by atoms with Gasteiger partial charge in [0.2, 0.25) is 5.91 Å². The second-order valence-electron chi connectivity index (χ2n) is 7.35. The molecule has 130 valence electrons. The van der Waals surface area contributed by atoms with E-state index in [2.05, 4.69) is 54.4 Å². The van der Waals surface area contributed by atoms with E-state index in [1.165, 1.54) is 48.1 Å². The normalized spacial score (nSPS) is 16.8. The maximum Gasteiger partial charge on any atom is 0.227 e. The van der Waals surface area contributed by atoms with Crippen molar-refractivity contribution in [3.05, 3.63) is 64.7 Å². The molecule has 0 aromatic heterocycles. The fourth-order valence-electron chi connectivity index (χ4n) is 4.09. The second-order valence-corrected chi connectivity index (χ2v) is 7.35. The van der Waals surface area contributed by atoms with Gasteiger partial charge in [-0.15, -0.1) is 0 Å². The van der Waals surface area contributed by atoms with Gasteiger partial charge >= 0.3 is 0 Å². The summed E-state index contributed by atoms with van der Waals surface area (Å²) in [6, 6.07) is 15.1. The zero-order valence-electron chi connectivity index (χ0n) is 15.0. The van der Waals surface area contributed by atoms with Crippen LogP contribution >= 0.6 is 0 Å². The van der Waals surface area contributed by atoms with Crippen molar-refractivity contribution in [2.75, 3.05) is 25.0 Å². The minimum Gasteiger partial charge on any atom is -0.373 e. The molecule has 0 radical (unpaired) electrons. The molecule has 0 unspecified atom stereocenters. The van der Waals surface area contributed by atoms with E-state index in [0.29, 0.717) is 13.0 Å². The van der Waals surface area contributed by atoms with E-state index in [0.717, 1.165) is 18.7 Å². The Bertz CT molecular complexity index is 783. The topological polar surface area (TPSA) is 23.6 Å². The highest BCUT2D eigenvalue weighted by atomic mass is 16.2. The van der Waals surface area contributed by atoms with Gasteiger partial charge in [0.15, 0.2) is 0 Å². The Morgan fingerprint density at radius 3 is 2.64 bits per heavy atom. The Morgan fingerprint density at radius 1 is 0.960 bits per heavy atom. The molecule has 0 spiro atoms. The van der Waals surface area contributed by atoms with E-state index in [1.54, 1.807) is 0 Å². The first-order chi connectivity index (χ1) is 12.2. The standard InChI is InChI=1S/C22H26N2O/c1-23-12-13-24(16-20-8-4-5-9-21(20)23)22(25)15-17-10-11-18-6-2-3-7-19(18)14-17/h4-5,8-11,14H,2-3,6-7,12-13,15-16H2,1H3. The van der Waals surface area contributed by atoms with Crippen LogP contribution in [0.2, 0.25) is 0 Å². The van der Waals surface area contributed by atoms with Crippen LogP contribution in [0.4, 0.5) is 5.69 Å². The highest BCUT2D eigenvalue weighted by Crippen LogP contribution is 2.25. The quantitative estimate of drug-likeness (QED) is 0.838. The van der Waals surface area contributed by atoms with Crippen LogP contribution in [-0.4, -0.2) is 30.9 Å². The minimum atomic E-state index is 0.237. The van der Waals surface area contributed by atoms with Gasteiger partial charge in [-0.05, 0) is 54.0 Å². The maximum absolute atomic E-state index is 12.9. The van der Waals surface area contributed by atoms with E-state index in [9.17, 15) is 4.79 Å². The number of aryl methyl sites for hydroxylation is 2. The van der Waals surface area contributed by atoms with Crippen molar-refractivity contribution in [2.45, 2.75) is 38.6 Å². The summed E-state index contributed by atoms with van der Waals surface area (Å²) < 4.78 is 0. The molecule has 0 saturated carbocycles. The number of hydrogen-bond donors (Lipinski definition) is 0. The lowest BCUT2D eigenvalue weighted by molar-refractivity contribution is -0.130. The first-order valence-electron chi connectivity index (χ1n) is 9.38. The Kier molecular flexibility index (Phi) is 4.48. The van der Waals surface area contributed by atoms with Gasteiger partial charge in [-0.25, -0.2) is 0 Å². The third-order valence-corrected chi connectivity index (χ3v) is 5.59. The number of para-hydroxylation sites is 1. The molecule has 1 aliphatic carbocycles. The molecule has 0 bridgehead atoms. The van der Waals surface area contributed by atoms with Crippen molar-refractivity contribution in [1.29, 1.82) is 0 Å². The predicted octanol–water partition coefficient (Wildman–Crippen LogP) is 3.59. The first kappa shape index (κ1) is 16.2. The molecule has 1 aliphatic heterocycles. The Morgan fingerprint density at radius 2 is 1.76 bits per heavy atom. The van der Waals surface area contributed by atoms with Crippen LogP contribution < -0.4 is 4.90 Å². The number of carbonyl (C=O) groups excluding carboxylic acids is 1. The molecule has 4 rings (SSSR count). The fourth-order valence-corrected chi connectivity index (χ4v) is 4.09. The molecular formula is C22H26N2O. The van der Waals surface area contributed by atoms with Crippen LogP contribution in [0.25, 0.3) is 0 Å². The molecule has 3 heteroatoms. The van der Waals surface area contributed by atoms with Crippen molar-refractivity contribution in [3.8, 4) is 0 Å². The van der Waals surface area contributed by atoms with Crippen molar-refractivity contribution >= 4 is 11.6 Å². The third kappa shape index (κ3) is 3.41. The van der Waals surface area contributed by atoms with Gasteiger partial charge < -0.3 is 9.80 Å². The fraction of sp³-hybridized carbons (Fsp3) is 0.409. The number of fused-ring (bicyclic) bond motifs is 2. The molecule has 2 aromatic rings. The average molecular weight is 334 g/mol. The van der Waals surface area contributed by atoms with Crippen LogP contribution in [0.5, 0.6) is 0 Å². The van der Waals surface area contributed by atoms with Gasteiger partial charge in [-0.3, -0.25) is 4.79 Å². The van der Waals surface area contributed by atoms with Gasteiger partial charge in [0.05, 0.1) is 6.42 Å². The average Bonchev–Trinajstić information content (AvgIpc) is 2.81. The van der Waals surface area contributed by atoms with E-state index in [4.69, 9.17) is 0 Å². The molecule has 25 heavy (non-hydrogen) atoms. The highest BCUT2D eigenvalue weighted by molar-refractivity contribution is 5.79. The molecule has 1 amide bonds. The Balaban J connectivity index is 1.50. The molecule has 0 atom stereocenters. The number of amides is 1. The lowest BCUT2D eigenvalue weighted by atomic mass is 9.90.